The summed E-state index contributed by atoms with van der Waals surface area (Å²) in [6.45, 7) is 3.65. The number of anilines is 1. The van der Waals surface area contributed by atoms with Gasteiger partial charge in [-0.25, -0.2) is 8.42 Å². The summed E-state index contributed by atoms with van der Waals surface area (Å²) in [4.78, 5) is 16.9. The highest BCUT2D eigenvalue weighted by Gasteiger charge is 2.31. The van der Waals surface area contributed by atoms with Gasteiger partial charge in [0.05, 0.1) is 17.2 Å². The Labute approximate surface area is 183 Å². The van der Waals surface area contributed by atoms with Crippen LogP contribution in [0.3, 0.4) is 0 Å². The van der Waals surface area contributed by atoms with E-state index in [2.05, 4.69) is 4.90 Å². The van der Waals surface area contributed by atoms with E-state index in [1.165, 1.54) is 10.4 Å². The minimum Gasteiger partial charge on any atom is -1.00 e. The van der Waals surface area contributed by atoms with Gasteiger partial charge in [-0.3, -0.25) is 14.0 Å². The molecular formula is C21H25ClN3O4S-. The number of aliphatic hydroxyl groups is 1. The number of piperazine rings is 1. The van der Waals surface area contributed by atoms with E-state index in [-0.39, 0.29) is 29.8 Å². The predicted molar refractivity (Wildman–Crippen MR) is 111 cm³/mol. The number of β-amino-alcohol motifs (C(OH)–C–C–N with tert-alkyl or cyclic N) is 1. The van der Waals surface area contributed by atoms with Crippen LogP contribution < -0.4 is 16.7 Å². The van der Waals surface area contributed by atoms with Crippen molar-refractivity contribution >= 4 is 21.6 Å². The van der Waals surface area contributed by atoms with Crippen molar-refractivity contribution in [2.75, 3.05) is 50.2 Å². The number of para-hydroxylation sites is 1. The topological polar surface area (TPSA) is 81.2 Å². The van der Waals surface area contributed by atoms with Crippen molar-refractivity contribution in [3.05, 3.63) is 59.7 Å². The minimum atomic E-state index is -3.73. The Morgan fingerprint density at radius 1 is 0.967 bits per heavy atom. The van der Waals surface area contributed by atoms with E-state index in [4.69, 9.17) is 5.11 Å². The van der Waals surface area contributed by atoms with E-state index < -0.39 is 10.0 Å². The second kappa shape index (κ2) is 9.34. The molecule has 2 heterocycles. The number of sulfonamides is 1. The molecular weight excluding hydrogens is 426 g/mol. The van der Waals surface area contributed by atoms with Gasteiger partial charge in [-0.05, 0) is 36.2 Å². The molecule has 1 amide bonds. The number of carbonyl (C=O) groups excluding carboxylic acids is 1. The maximum absolute atomic E-state index is 13.2. The van der Waals surface area contributed by atoms with Crippen LogP contribution in [-0.4, -0.2) is 75.1 Å². The normalized spacial score (nSPS) is 16.8. The number of aliphatic hydroxyl groups excluding tert-OH is 1. The second-order valence-corrected chi connectivity index (χ2v) is 9.20. The number of benzene rings is 2. The number of fused-ring (bicyclic) bond motifs is 1. The predicted octanol–water partition coefficient (Wildman–Crippen LogP) is -1.81. The zero-order chi connectivity index (χ0) is 20.4. The first-order valence-electron chi connectivity index (χ1n) is 9.84. The molecule has 2 aromatic rings. The zero-order valence-electron chi connectivity index (χ0n) is 16.6. The lowest BCUT2D eigenvalue weighted by molar-refractivity contribution is -0.0000208. The molecule has 0 aromatic heterocycles. The van der Waals surface area contributed by atoms with E-state index in [1.807, 2.05) is 24.3 Å². The Hall–Kier alpha value is -2.13. The van der Waals surface area contributed by atoms with Crippen molar-refractivity contribution in [3.63, 3.8) is 0 Å². The van der Waals surface area contributed by atoms with E-state index >= 15 is 0 Å². The lowest BCUT2D eigenvalue weighted by Gasteiger charge is -2.34. The van der Waals surface area contributed by atoms with Crippen LogP contribution in [0.4, 0.5) is 5.69 Å². The molecule has 2 aliphatic rings. The smallest absolute Gasteiger partial charge is 0.264 e. The number of nitrogens with zero attached hydrogens (tertiary/aromatic N) is 3. The molecule has 1 N–H and O–H groups in total. The zero-order valence-corrected chi connectivity index (χ0v) is 18.1. The molecule has 1 saturated heterocycles. The molecule has 1 fully saturated rings. The summed E-state index contributed by atoms with van der Waals surface area (Å²) in [7, 11) is -3.73. The SMILES string of the molecule is O=C(c1cccc(S(=O)(=O)N2CCc3ccccc32)c1)N1CCN(CCO)CC1.[Cl-]. The average molecular weight is 451 g/mol. The van der Waals surface area contributed by atoms with Gasteiger partial charge in [0.1, 0.15) is 0 Å². The molecule has 0 atom stereocenters. The fourth-order valence-electron chi connectivity index (χ4n) is 3.97. The summed E-state index contributed by atoms with van der Waals surface area (Å²) in [5.41, 5.74) is 2.11. The highest BCUT2D eigenvalue weighted by molar-refractivity contribution is 7.92. The number of rotatable bonds is 5. The van der Waals surface area contributed by atoms with Crippen LogP contribution in [0.5, 0.6) is 0 Å². The Morgan fingerprint density at radius 3 is 2.43 bits per heavy atom. The number of amides is 1. The minimum absolute atomic E-state index is 0. The van der Waals surface area contributed by atoms with E-state index in [1.54, 1.807) is 23.1 Å². The quantitative estimate of drug-likeness (QED) is 0.581. The second-order valence-electron chi connectivity index (χ2n) is 7.34. The van der Waals surface area contributed by atoms with E-state index in [9.17, 15) is 13.2 Å². The third-order valence-corrected chi connectivity index (χ3v) is 7.40. The molecule has 0 radical (unpaired) electrons. The molecule has 2 aliphatic heterocycles. The summed E-state index contributed by atoms with van der Waals surface area (Å²) < 4.78 is 27.9. The Morgan fingerprint density at radius 2 is 1.70 bits per heavy atom. The summed E-state index contributed by atoms with van der Waals surface area (Å²) in [5.74, 6) is -0.160. The van der Waals surface area contributed by atoms with Crippen LogP contribution in [0.2, 0.25) is 0 Å². The molecule has 0 saturated carbocycles. The summed E-state index contributed by atoms with van der Waals surface area (Å²) in [5, 5.41) is 9.05. The van der Waals surface area contributed by atoms with Gasteiger partial charge in [-0.1, -0.05) is 24.3 Å². The number of hydrogen-bond donors (Lipinski definition) is 1. The summed E-state index contributed by atoms with van der Waals surface area (Å²) in [6, 6.07) is 13.8. The first-order chi connectivity index (χ1) is 14.0. The fraction of sp³-hybridized carbons (Fsp3) is 0.381. The van der Waals surface area contributed by atoms with Crippen molar-refractivity contribution < 1.29 is 30.7 Å². The largest absolute Gasteiger partial charge is 1.00 e. The molecule has 0 unspecified atom stereocenters. The lowest BCUT2D eigenvalue weighted by Crippen LogP contribution is -3.00. The first kappa shape index (κ1) is 22.6. The van der Waals surface area contributed by atoms with Gasteiger partial charge in [0, 0.05) is 44.8 Å². The number of carbonyl (C=O) groups is 1. The number of halogens is 1. The van der Waals surface area contributed by atoms with E-state index in [0.717, 1.165) is 5.56 Å². The average Bonchev–Trinajstić information content (AvgIpc) is 3.19. The molecule has 0 spiro atoms. The van der Waals surface area contributed by atoms with Crippen molar-refractivity contribution in [1.82, 2.24) is 9.80 Å². The highest BCUT2D eigenvalue weighted by Crippen LogP contribution is 2.32. The molecule has 30 heavy (non-hydrogen) atoms. The van der Waals surface area contributed by atoms with Crippen LogP contribution in [0.1, 0.15) is 15.9 Å². The van der Waals surface area contributed by atoms with Gasteiger partial charge in [0.2, 0.25) is 0 Å². The first-order valence-corrected chi connectivity index (χ1v) is 11.3. The van der Waals surface area contributed by atoms with Gasteiger partial charge >= 0.3 is 0 Å². The van der Waals surface area contributed by atoms with Gasteiger partial charge in [-0.2, -0.15) is 0 Å². The Kier molecular flexibility index (Phi) is 7.02. The van der Waals surface area contributed by atoms with Gasteiger partial charge in [-0.15, -0.1) is 0 Å². The summed E-state index contributed by atoms with van der Waals surface area (Å²) >= 11 is 0. The van der Waals surface area contributed by atoms with Crippen LogP contribution in [-0.2, 0) is 16.4 Å². The molecule has 2 aromatic carbocycles. The summed E-state index contributed by atoms with van der Waals surface area (Å²) in [6.07, 6.45) is 0.687. The maximum atomic E-state index is 13.2. The van der Waals surface area contributed by atoms with Gasteiger partial charge in [0.25, 0.3) is 15.9 Å². The maximum Gasteiger partial charge on any atom is 0.264 e. The van der Waals surface area contributed by atoms with Crippen LogP contribution in [0.15, 0.2) is 53.4 Å². The van der Waals surface area contributed by atoms with Crippen molar-refractivity contribution in [3.8, 4) is 0 Å². The third kappa shape index (κ3) is 4.32. The monoisotopic (exact) mass is 450 g/mol. The molecule has 162 valence electrons. The van der Waals surface area contributed by atoms with E-state index in [0.29, 0.717) is 56.9 Å². The number of hydrogen-bond acceptors (Lipinski definition) is 5. The Bertz CT molecular complexity index is 1010. The molecule has 0 aliphatic carbocycles. The fourth-order valence-corrected chi connectivity index (χ4v) is 5.52. The van der Waals surface area contributed by atoms with Crippen molar-refractivity contribution in [2.24, 2.45) is 0 Å². The molecule has 7 nitrogen and oxygen atoms in total. The third-order valence-electron chi connectivity index (χ3n) is 5.59. The molecule has 0 bridgehead atoms. The van der Waals surface area contributed by atoms with Gasteiger partial charge in [0.15, 0.2) is 0 Å². The Balaban J connectivity index is 0.00000256. The van der Waals surface area contributed by atoms with Crippen LogP contribution >= 0.6 is 0 Å². The van der Waals surface area contributed by atoms with Gasteiger partial charge < -0.3 is 22.4 Å². The van der Waals surface area contributed by atoms with Crippen molar-refractivity contribution in [2.45, 2.75) is 11.3 Å². The van der Waals surface area contributed by atoms with Crippen molar-refractivity contribution in [1.29, 1.82) is 0 Å². The molecule has 4 rings (SSSR count). The molecule has 9 heteroatoms. The standard InChI is InChI=1S/C21H25N3O4S.ClH/c25-15-14-22-10-12-23(13-11-22)21(26)18-5-3-6-19(16-18)29(27,28)24-9-8-17-4-1-2-7-20(17)24;/h1-7,16,25H,8-15H2;1H/p-1. The van der Waals surface area contributed by atoms with Crippen LogP contribution in [0.25, 0.3) is 0 Å². The lowest BCUT2D eigenvalue weighted by atomic mass is 10.2. The highest BCUT2D eigenvalue weighted by atomic mass is 35.5. The van der Waals surface area contributed by atoms with Crippen LogP contribution in [0, 0.1) is 0 Å².